The number of hydrogen-bond acceptors (Lipinski definition) is 6. The van der Waals surface area contributed by atoms with Crippen LogP contribution in [0.1, 0.15) is 5.82 Å². The Morgan fingerprint density at radius 2 is 1.90 bits per heavy atom. The lowest BCUT2D eigenvalue weighted by Crippen LogP contribution is -2.15. The molecule has 0 atom stereocenters. The SMILES string of the molecule is COc1c(Nc2ccc(Cl)cc2)nc(C#N)nc1N(C)C. The number of benzene rings is 1. The molecule has 1 N–H and O–H groups in total. The van der Waals surface area contributed by atoms with Crippen molar-refractivity contribution < 1.29 is 4.74 Å². The monoisotopic (exact) mass is 303 g/mol. The maximum atomic E-state index is 9.05. The molecule has 0 aliphatic carbocycles. The maximum absolute atomic E-state index is 9.05. The number of halogens is 1. The fourth-order valence-corrected chi connectivity index (χ4v) is 1.86. The van der Waals surface area contributed by atoms with Crippen molar-refractivity contribution in [2.24, 2.45) is 0 Å². The number of nitrogens with one attached hydrogen (secondary N) is 1. The highest BCUT2D eigenvalue weighted by atomic mass is 35.5. The normalized spacial score (nSPS) is 9.86. The Balaban J connectivity index is 2.48. The van der Waals surface area contributed by atoms with Crippen LogP contribution in [0.2, 0.25) is 5.02 Å². The van der Waals surface area contributed by atoms with E-state index in [0.29, 0.717) is 22.4 Å². The molecule has 0 spiro atoms. The van der Waals surface area contributed by atoms with E-state index in [1.807, 2.05) is 32.3 Å². The molecule has 2 aromatic rings. The van der Waals surface area contributed by atoms with Gasteiger partial charge in [0.15, 0.2) is 11.6 Å². The highest BCUT2D eigenvalue weighted by Crippen LogP contribution is 2.33. The molecule has 108 valence electrons. The van der Waals surface area contributed by atoms with E-state index >= 15 is 0 Å². The number of nitrogens with zero attached hydrogens (tertiary/aromatic N) is 4. The molecule has 2 rings (SSSR count). The number of aromatic nitrogens is 2. The Bertz CT molecular complexity index is 679. The van der Waals surface area contributed by atoms with Gasteiger partial charge in [0, 0.05) is 24.8 Å². The van der Waals surface area contributed by atoms with E-state index < -0.39 is 0 Å². The molecule has 0 amide bonds. The standard InChI is InChI=1S/C14H14ClN5O/c1-20(2)14-12(21-3)13(18-11(8-16)19-14)17-10-6-4-9(15)5-7-10/h4-7H,1-3H3,(H,17,18,19). The van der Waals surface area contributed by atoms with E-state index in [-0.39, 0.29) is 5.82 Å². The summed E-state index contributed by atoms with van der Waals surface area (Å²) in [4.78, 5) is 10.1. The number of anilines is 3. The molecule has 0 saturated carbocycles. The van der Waals surface area contributed by atoms with E-state index in [1.54, 1.807) is 17.0 Å². The zero-order valence-electron chi connectivity index (χ0n) is 11.9. The largest absolute Gasteiger partial charge is 0.490 e. The Morgan fingerprint density at radius 1 is 1.24 bits per heavy atom. The van der Waals surface area contributed by atoms with Crippen LogP contribution in [-0.2, 0) is 0 Å². The predicted molar refractivity (Wildman–Crippen MR) is 82.4 cm³/mol. The molecule has 0 radical (unpaired) electrons. The van der Waals surface area contributed by atoms with Crippen LogP contribution in [-0.4, -0.2) is 31.2 Å². The second kappa shape index (κ2) is 6.29. The molecule has 0 bridgehead atoms. The van der Waals surface area contributed by atoms with Crippen molar-refractivity contribution in [1.82, 2.24) is 9.97 Å². The van der Waals surface area contributed by atoms with Gasteiger partial charge >= 0.3 is 0 Å². The van der Waals surface area contributed by atoms with Crippen LogP contribution in [0, 0.1) is 11.3 Å². The van der Waals surface area contributed by atoms with Gasteiger partial charge < -0.3 is 15.0 Å². The van der Waals surface area contributed by atoms with Crippen molar-refractivity contribution in [2.75, 3.05) is 31.4 Å². The molecule has 0 saturated heterocycles. The first-order valence-electron chi connectivity index (χ1n) is 6.11. The Kier molecular flexibility index (Phi) is 4.45. The summed E-state index contributed by atoms with van der Waals surface area (Å²) in [5.41, 5.74) is 0.782. The highest BCUT2D eigenvalue weighted by molar-refractivity contribution is 6.30. The number of ether oxygens (including phenoxy) is 1. The van der Waals surface area contributed by atoms with Crippen LogP contribution in [0.15, 0.2) is 24.3 Å². The molecule has 1 aromatic heterocycles. The summed E-state index contributed by atoms with van der Waals surface area (Å²) >= 11 is 5.86. The summed E-state index contributed by atoms with van der Waals surface area (Å²) in [7, 11) is 5.17. The van der Waals surface area contributed by atoms with Gasteiger partial charge in [-0.2, -0.15) is 15.2 Å². The topological polar surface area (TPSA) is 74.1 Å². The third-order valence-corrected chi connectivity index (χ3v) is 2.93. The summed E-state index contributed by atoms with van der Waals surface area (Å²) in [6.07, 6.45) is 0. The fraction of sp³-hybridized carbons (Fsp3) is 0.214. The van der Waals surface area contributed by atoms with Gasteiger partial charge in [-0.1, -0.05) is 11.6 Å². The van der Waals surface area contributed by atoms with Gasteiger partial charge in [0.1, 0.15) is 6.07 Å². The number of rotatable bonds is 4. The van der Waals surface area contributed by atoms with Crippen LogP contribution < -0.4 is 15.0 Å². The zero-order chi connectivity index (χ0) is 15.4. The Hall–Kier alpha value is -2.52. The predicted octanol–water partition coefficient (Wildman–Crippen LogP) is 2.82. The number of nitriles is 1. The molecule has 1 aromatic carbocycles. The van der Waals surface area contributed by atoms with Crippen LogP contribution in [0.4, 0.5) is 17.3 Å². The Morgan fingerprint density at radius 3 is 2.43 bits per heavy atom. The van der Waals surface area contributed by atoms with Crippen molar-refractivity contribution in [3.05, 3.63) is 35.1 Å². The van der Waals surface area contributed by atoms with E-state index in [1.165, 1.54) is 7.11 Å². The quantitative estimate of drug-likeness (QED) is 0.936. The third-order valence-electron chi connectivity index (χ3n) is 2.68. The highest BCUT2D eigenvalue weighted by Gasteiger charge is 2.17. The van der Waals surface area contributed by atoms with Crippen molar-refractivity contribution in [3.8, 4) is 11.8 Å². The fourth-order valence-electron chi connectivity index (χ4n) is 1.73. The van der Waals surface area contributed by atoms with Crippen LogP contribution >= 0.6 is 11.6 Å². The van der Waals surface area contributed by atoms with Crippen molar-refractivity contribution in [3.63, 3.8) is 0 Å². The smallest absolute Gasteiger partial charge is 0.236 e. The van der Waals surface area contributed by atoms with Crippen molar-refractivity contribution in [1.29, 1.82) is 5.26 Å². The first-order valence-corrected chi connectivity index (χ1v) is 6.49. The molecular formula is C14H14ClN5O. The van der Waals surface area contributed by atoms with Gasteiger partial charge in [0.25, 0.3) is 0 Å². The van der Waals surface area contributed by atoms with Crippen molar-refractivity contribution >= 4 is 28.9 Å². The summed E-state index contributed by atoms with van der Waals surface area (Å²) in [5, 5.41) is 12.8. The first-order chi connectivity index (χ1) is 10.0. The van der Waals surface area contributed by atoms with Gasteiger partial charge in [-0.25, -0.2) is 0 Å². The molecule has 0 aliphatic rings. The van der Waals surface area contributed by atoms with Crippen molar-refractivity contribution in [2.45, 2.75) is 0 Å². The summed E-state index contributed by atoms with van der Waals surface area (Å²) in [6.45, 7) is 0. The maximum Gasteiger partial charge on any atom is 0.236 e. The van der Waals surface area contributed by atoms with E-state index in [9.17, 15) is 0 Å². The second-order valence-corrected chi connectivity index (χ2v) is 4.83. The van der Waals surface area contributed by atoms with Crippen LogP contribution in [0.5, 0.6) is 5.75 Å². The summed E-state index contributed by atoms with van der Waals surface area (Å²) < 4.78 is 5.37. The van der Waals surface area contributed by atoms with Gasteiger partial charge in [0.2, 0.25) is 11.6 Å². The van der Waals surface area contributed by atoms with E-state index in [2.05, 4.69) is 15.3 Å². The van der Waals surface area contributed by atoms with Gasteiger partial charge in [-0.05, 0) is 24.3 Å². The van der Waals surface area contributed by atoms with Crippen LogP contribution in [0.3, 0.4) is 0 Å². The molecule has 1 heterocycles. The van der Waals surface area contributed by atoms with E-state index in [4.69, 9.17) is 21.6 Å². The van der Waals surface area contributed by atoms with Crippen LogP contribution in [0.25, 0.3) is 0 Å². The lowest BCUT2D eigenvalue weighted by molar-refractivity contribution is 0.413. The lowest BCUT2D eigenvalue weighted by atomic mass is 10.3. The number of hydrogen-bond donors (Lipinski definition) is 1. The molecule has 7 heteroatoms. The minimum Gasteiger partial charge on any atom is -0.490 e. The summed E-state index contributed by atoms with van der Waals surface area (Å²) in [5.74, 6) is 1.49. The Labute approximate surface area is 128 Å². The summed E-state index contributed by atoms with van der Waals surface area (Å²) in [6, 6.07) is 9.08. The second-order valence-electron chi connectivity index (χ2n) is 4.39. The zero-order valence-corrected chi connectivity index (χ0v) is 12.6. The average Bonchev–Trinajstić information content (AvgIpc) is 2.48. The molecule has 0 unspecified atom stereocenters. The lowest BCUT2D eigenvalue weighted by Gasteiger charge is -2.18. The molecule has 0 fully saturated rings. The first kappa shape index (κ1) is 14.9. The van der Waals surface area contributed by atoms with Gasteiger partial charge in [-0.15, -0.1) is 0 Å². The van der Waals surface area contributed by atoms with E-state index in [0.717, 1.165) is 5.69 Å². The minimum atomic E-state index is 0.0657. The molecule has 6 nitrogen and oxygen atoms in total. The van der Waals surface area contributed by atoms with Gasteiger partial charge in [0.05, 0.1) is 7.11 Å². The third kappa shape index (κ3) is 3.33. The minimum absolute atomic E-state index is 0.0657. The molecule has 0 aliphatic heterocycles. The average molecular weight is 304 g/mol. The molecular weight excluding hydrogens is 290 g/mol. The molecule has 21 heavy (non-hydrogen) atoms. The van der Waals surface area contributed by atoms with Gasteiger partial charge in [-0.3, -0.25) is 0 Å². The number of methoxy groups -OCH3 is 1.